The van der Waals surface area contributed by atoms with Crippen molar-refractivity contribution in [2.45, 2.75) is 25.0 Å². The van der Waals surface area contributed by atoms with Gasteiger partial charge in [-0.2, -0.15) is 0 Å². The number of amides is 1. The van der Waals surface area contributed by atoms with Crippen LogP contribution in [0.1, 0.15) is 23.6 Å². The van der Waals surface area contributed by atoms with Crippen molar-refractivity contribution >= 4 is 28.7 Å². The standard InChI is InChI=1S/C11H12INO3/c12-7-3-1-2-6-4-5-8(14)10(9(6)7)13-11(15)16/h1-3,8,10,13-14H,4-5H2,(H,15,16)/t8-,10-/m1/s1. The van der Waals surface area contributed by atoms with E-state index in [0.717, 1.165) is 21.1 Å². The Hall–Kier alpha value is -0.820. The highest BCUT2D eigenvalue weighted by Crippen LogP contribution is 2.33. The minimum atomic E-state index is -1.10. The molecule has 5 heteroatoms. The fourth-order valence-corrected chi connectivity index (χ4v) is 3.00. The fraction of sp³-hybridized carbons (Fsp3) is 0.364. The second kappa shape index (κ2) is 4.58. The monoisotopic (exact) mass is 333 g/mol. The predicted octanol–water partition coefficient (Wildman–Crippen LogP) is 1.91. The van der Waals surface area contributed by atoms with Crippen LogP contribution >= 0.6 is 22.6 Å². The van der Waals surface area contributed by atoms with Gasteiger partial charge in [0.05, 0.1) is 12.1 Å². The molecule has 0 radical (unpaired) electrons. The summed E-state index contributed by atoms with van der Waals surface area (Å²) in [5.74, 6) is 0. The summed E-state index contributed by atoms with van der Waals surface area (Å²) in [5, 5.41) is 21.0. The molecule has 0 saturated carbocycles. The van der Waals surface area contributed by atoms with Gasteiger partial charge in [-0.3, -0.25) is 0 Å². The van der Waals surface area contributed by atoms with Gasteiger partial charge in [-0.1, -0.05) is 12.1 Å². The molecule has 0 unspecified atom stereocenters. The van der Waals surface area contributed by atoms with Gasteiger partial charge in [0.15, 0.2) is 0 Å². The van der Waals surface area contributed by atoms with Gasteiger partial charge < -0.3 is 15.5 Å². The third-order valence-corrected chi connectivity index (χ3v) is 3.77. The number of aryl methyl sites for hydroxylation is 1. The summed E-state index contributed by atoms with van der Waals surface area (Å²) in [7, 11) is 0. The summed E-state index contributed by atoms with van der Waals surface area (Å²) in [6.45, 7) is 0. The molecule has 0 spiro atoms. The smallest absolute Gasteiger partial charge is 0.405 e. The third-order valence-electron chi connectivity index (χ3n) is 2.83. The van der Waals surface area contributed by atoms with Crippen molar-refractivity contribution in [2.24, 2.45) is 0 Å². The summed E-state index contributed by atoms with van der Waals surface area (Å²) in [5.41, 5.74) is 2.04. The molecule has 0 fully saturated rings. The Bertz CT molecular complexity index is 422. The van der Waals surface area contributed by atoms with Gasteiger partial charge in [-0.05, 0) is 52.6 Å². The van der Waals surface area contributed by atoms with E-state index in [4.69, 9.17) is 5.11 Å². The Labute approximate surface area is 107 Å². The maximum Gasteiger partial charge on any atom is 0.405 e. The van der Waals surface area contributed by atoms with Gasteiger partial charge in [0, 0.05) is 3.57 Å². The Morgan fingerprint density at radius 2 is 2.25 bits per heavy atom. The third kappa shape index (κ3) is 2.15. The zero-order valence-corrected chi connectivity index (χ0v) is 10.6. The average molecular weight is 333 g/mol. The van der Waals surface area contributed by atoms with E-state index in [0.29, 0.717) is 6.42 Å². The van der Waals surface area contributed by atoms with E-state index in [9.17, 15) is 9.90 Å². The number of carbonyl (C=O) groups is 1. The quantitative estimate of drug-likeness (QED) is 0.688. The molecule has 3 N–H and O–H groups in total. The van der Waals surface area contributed by atoms with Crippen LogP contribution in [-0.2, 0) is 6.42 Å². The summed E-state index contributed by atoms with van der Waals surface area (Å²) in [6.07, 6.45) is -0.348. The second-order valence-electron chi connectivity index (χ2n) is 3.85. The van der Waals surface area contributed by atoms with Crippen molar-refractivity contribution in [3.05, 3.63) is 32.9 Å². The number of benzene rings is 1. The van der Waals surface area contributed by atoms with E-state index in [1.807, 2.05) is 18.2 Å². The molecule has 0 bridgehead atoms. The number of carboxylic acid groups (broad SMARTS) is 1. The highest BCUT2D eigenvalue weighted by Gasteiger charge is 2.30. The van der Waals surface area contributed by atoms with E-state index in [1.165, 1.54) is 0 Å². The zero-order valence-electron chi connectivity index (χ0n) is 8.48. The number of nitrogens with one attached hydrogen (secondary N) is 1. The van der Waals surface area contributed by atoms with Crippen LogP contribution in [0.25, 0.3) is 0 Å². The lowest BCUT2D eigenvalue weighted by Gasteiger charge is -2.31. The minimum Gasteiger partial charge on any atom is -0.465 e. The molecule has 1 aliphatic carbocycles. The van der Waals surface area contributed by atoms with Crippen molar-refractivity contribution in [1.29, 1.82) is 0 Å². The largest absolute Gasteiger partial charge is 0.465 e. The Morgan fingerprint density at radius 3 is 2.94 bits per heavy atom. The lowest BCUT2D eigenvalue weighted by atomic mass is 9.86. The lowest BCUT2D eigenvalue weighted by Crippen LogP contribution is -2.39. The summed E-state index contributed by atoms with van der Waals surface area (Å²) in [6, 6.07) is 5.36. The molecule has 1 aliphatic rings. The molecule has 1 aromatic carbocycles. The van der Waals surface area contributed by atoms with Crippen LogP contribution in [0.3, 0.4) is 0 Å². The number of hydrogen-bond acceptors (Lipinski definition) is 2. The van der Waals surface area contributed by atoms with Crippen LogP contribution in [0.2, 0.25) is 0 Å². The second-order valence-corrected chi connectivity index (χ2v) is 5.01. The number of aliphatic hydroxyl groups excluding tert-OH is 1. The van der Waals surface area contributed by atoms with Gasteiger partial charge in [0.25, 0.3) is 0 Å². The molecule has 0 aromatic heterocycles. The molecular weight excluding hydrogens is 321 g/mol. The molecule has 0 aliphatic heterocycles. The topological polar surface area (TPSA) is 69.6 Å². The van der Waals surface area contributed by atoms with E-state index in [1.54, 1.807) is 0 Å². The molecule has 86 valence electrons. The van der Waals surface area contributed by atoms with Crippen molar-refractivity contribution in [3.63, 3.8) is 0 Å². The van der Waals surface area contributed by atoms with E-state index in [2.05, 4.69) is 27.9 Å². The van der Waals surface area contributed by atoms with Crippen LogP contribution in [0.15, 0.2) is 18.2 Å². The van der Waals surface area contributed by atoms with Crippen LogP contribution in [-0.4, -0.2) is 22.4 Å². The highest BCUT2D eigenvalue weighted by molar-refractivity contribution is 14.1. The molecule has 2 rings (SSSR count). The van der Waals surface area contributed by atoms with Crippen LogP contribution in [0.4, 0.5) is 4.79 Å². The first-order valence-corrected chi connectivity index (χ1v) is 6.12. The number of hydrogen-bond donors (Lipinski definition) is 3. The van der Waals surface area contributed by atoms with Crippen molar-refractivity contribution < 1.29 is 15.0 Å². The first-order valence-electron chi connectivity index (χ1n) is 5.04. The Morgan fingerprint density at radius 1 is 1.50 bits per heavy atom. The molecule has 4 nitrogen and oxygen atoms in total. The predicted molar refractivity (Wildman–Crippen MR) is 67.4 cm³/mol. The molecule has 0 saturated heterocycles. The maximum absolute atomic E-state index is 10.7. The molecule has 2 atom stereocenters. The highest BCUT2D eigenvalue weighted by atomic mass is 127. The molecule has 1 amide bonds. The molecule has 16 heavy (non-hydrogen) atoms. The van der Waals surface area contributed by atoms with Gasteiger partial charge in [-0.15, -0.1) is 0 Å². The number of fused-ring (bicyclic) bond motifs is 1. The van der Waals surface area contributed by atoms with Crippen molar-refractivity contribution in [2.75, 3.05) is 0 Å². The number of aliphatic hydroxyl groups is 1. The molecule has 0 heterocycles. The van der Waals surface area contributed by atoms with Crippen molar-refractivity contribution in [1.82, 2.24) is 5.32 Å². The first kappa shape index (κ1) is 11.7. The summed E-state index contributed by atoms with van der Waals surface area (Å²) in [4.78, 5) is 10.7. The summed E-state index contributed by atoms with van der Waals surface area (Å²) < 4.78 is 0.993. The average Bonchev–Trinajstić information content (AvgIpc) is 2.22. The van der Waals surface area contributed by atoms with Crippen molar-refractivity contribution in [3.8, 4) is 0 Å². The molecule has 1 aromatic rings. The van der Waals surface area contributed by atoms with Gasteiger partial charge in [-0.25, -0.2) is 4.79 Å². The van der Waals surface area contributed by atoms with Crippen LogP contribution < -0.4 is 5.32 Å². The van der Waals surface area contributed by atoms with E-state index >= 15 is 0 Å². The van der Waals surface area contributed by atoms with Gasteiger partial charge >= 0.3 is 6.09 Å². The van der Waals surface area contributed by atoms with Crippen LogP contribution in [0, 0.1) is 3.57 Å². The fourth-order valence-electron chi connectivity index (χ4n) is 2.11. The number of halogens is 1. The zero-order chi connectivity index (χ0) is 11.7. The first-order chi connectivity index (χ1) is 7.59. The maximum atomic E-state index is 10.7. The van der Waals surface area contributed by atoms with Gasteiger partial charge in [0.1, 0.15) is 0 Å². The molecular formula is C11H12INO3. The van der Waals surface area contributed by atoms with Gasteiger partial charge in [0.2, 0.25) is 0 Å². The minimum absolute atomic E-state index is 0.505. The number of rotatable bonds is 1. The van der Waals surface area contributed by atoms with E-state index < -0.39 is 18.2 Å². The lowest BCUT2D eigenvalue weighted by molar-refractivity contribution is 0.105. The normalized spacial score (nSPS) is 23.6. The SMILES string of the molecule is O=C(O)N[C@H]1c2c(I)cccc2CC[C@H]1O. The Balaban J connectivity index is 2.42. The van der Waals surface area contributed by atoms with Crippen LogP contribution in [0.5, 0.6) is 0 Å². The Kier molecular flexibility index (Phi) is 3.34. The summed E-state index contributed by atoms with van der Waals surface area (Å²) >= 11 is 2.17. The van der Waals surface area contributed by atoms with E-state index in [-0.39, 0.29) is 0 Å².